The molecule has 1 fully saturated rings. The molecule has 0 amide bonds. The van der Waals surface area contributed by atoms with E-state index in [1.165, 1.54) is 38.2 Å². The monoisotopic (exact) mass is 255 g/mol. The second-order valence-electron chi connectivity index (χ2n) is 5.01. The van der Waals surface area contributed by atoms with Gasteiger partial charge >= 0.3 is 0 Å². The predicted octanol–water partition coefficient (Wildman–Crippen LogP) is 3.93. The highest BCUT2D eigenvalue weighted by Crippen LogP contribution is 2.27. The average Bonchev–Trinajstić information content (AvgIpc) is 2.35. The summed E-state index contributed by atoms with van der Waals surface area (Å²) in [6.45, 7) is 0. The summed E-state index contributed by atoms with van der Waals surface area (Å²) in [5.41, 5.74) is 7.16. The normalized spacial score (nSPS) is 19.2. The Bertz CT molecular complexity index is 374. The fraction of sp³-hybridized carbons (Fsp3) is 0.571. The van der Waals surface area contributed by atoms with Crippen LogP contribution in [0, 0.1) is 11.7 Å². The minimum absolute atomic E-state index is 0.149. The quantitative estimate of drug-likeness (QED) is 0.870. The van der Waals surface area contributed by atoms with Gasteiger partial charge in [-0.05, 0) is 42.9 Å². The van der Waals surface area contributed by atoms with Gasteiger partial charge in [0.15, 0.2) is 0 Å². The molecule has 0 aromatic heterocycles. The number of halogens is 2. The first-order valence-electron chi connectivity index (χ1n) is 6.36. The average molecular weight is 256 g/mol. The molecule has 3 heteroatoms. The van der Waals surface area contributed by atoms with E-state index in [2.05, 4.69) is 0 Å². The van der Waals surface area contributed by atoms with Crippen molar-refractivity contribution in [3.63, 3.8) is 0 Å². The molecule has 2 rings (SSSR count). The minimum Gasteiger partial charge on any atom is -0.327 e. The van der Waals surface area contributed by atoms with Crippen molar-refractivity contribution < 1.29 is 4.39 Å². The third-order valence-corrected chi connectivity index (χ3v) is 4.02. The van der Waals surface area contributed by atoms with Crippen molar-refractivity contribution in [1.82, 2.24) is 0 Å². The topological polar surface area (TPSA) is 26.0 Å². The molecule has 0 bridgehead atoms. The van der Waals surface area contributed by atoms with Crippen LogP contribution >= 0.6 is 11.6 Å². The lowest BCUT2D eigenvalue weighted by Gasteiger charge is -2.27. The van der Waals surface area contributed by atoms with E-state index in [0.29, 0.717) is 5.92 Å². The second-order valence-corrected chi connectivity index (χ2v) is 5.42. The van der Waals surface area contributed by atoms with E-state index in [1.807, 2.05) is 6.07 Å². The molecule has 1 aliphatic rings. The maximum atomic E-state index is 13.3. The van der Waals surface area contributed by atoms with Crippen molar-refractivity contribution in [2.45, 2.75) is 44.6 Å². The molecule has 0 saturated heterocycles. The summed E-state index contributed by atoms with van der Waals surface area (Å²) < 4.78 is 13.3. The van der Waals surface area contributed by atoms with Crippen LogP contribution in [0.15, 0.2) is 18.2 Å². The fourth-order valence-corrected chi connectivity index (χ4v) is 2.79. The van der Waals surface area contributed by atoms with E-state index in [9.17, 15) is 4.39 Å². The highest BCUT2D eigenvalue weighted by molar-refractivity contribution is 6.30. The SMILES string of the molecule is NC(Cc1ccc(Cl)c(F)c1)C1CCCCC1. The van der Waals surface area contributed by atoms with Gasteiger partial charge in [-0.3, -0.25) is 0 Å². The number of nitrogens with two attached hydrogens (primary N) is 1. The van der Waals surface area contributed by atoms with E-state index in [1.54, 1.807) is 6.07 Å². The number of hydrogen-bond acceptors (Lipinski definition) is 1. The Morgan fingerprint density at radius 1 is 1.29 bits per heavy atom. The van der Waals surface area contributed by atoms with Gasteiger partial charge in [-0.2, -0.15) is 0 Å². The zero-order chi connectivity index (χ0) is 12.3. The van der Waals surface area contributed by atoms with Crippen molar-refractivity contribution in [2.24, 2.45) is 11.7 Å². The molecule has 1 unspecified atom stereocenters. The van der Waals surface area contributed by atoms with E-state index in [-0.39, 0.29) is 16.9 Å². The number of benzene rings is 1. The van der Waals surface area contributed by atoms with Gasteiger partial charge in [0.05, 0.1) is 5.02 Å². The zero-order valence-corrected chi connectivity index (χ0v) is 10.7. The van der Waals surface area contributed by atoms with Gasteiger partial charge < -0.3 is 5.73 Å². The Morgan fingerprint density at radius 3 is 2.65 bits per heavy atom. The van der Waals surface area contributed by atoms with Crippen LogP contribution in [0.2, 0.25) is 5.02 Å². The van der Waals surface area contributed by atoms with E-state index in [0.717, 1.165) is 12.0 Å². The van der Waals surface area contributed by atoms with Crippen LogP contribution < -0.4 is 5.73 Å². The molecule has 94 valence electrons. The van der Waals surface area contributed by atoms with Gasteiger partial charge in [0.1, 0.15) is 5.82 Å². The first-order chi connectivity index (χ1) is 8.16. The van der Waals surface area contributed by atoms with Gasteiger partial charge in [-0.1, -0.05) is 36.9 Å². The van der Waals surface area contributed by atoms with Crippen LogP contribution in [0.3, 0.4) is 0 Å². The molecular formula is C14H19ClFN. The maximum absolute atomic E-state index is 13.3. The van der Waals surface area contributed by atoms with E-state index >= 15 is 0 Å². The Labute approximate surface area is 107 Å². The van der Waals surface area contributed by atoms with Crippen molar-refractivity contribution in [1.29, 1.82) is 0 Å². The first-order valence-corrected chi connectivity index (χ1v) is 6.74. The molecule has 1 aliphatic carbocycles. The molecule has 1 aromatic carbocycles. The van der Waals surface area contributed by atoms with Crippen LogP contribution in [0.5, 0.6) is 0 Å². The maximum Gasteiger partial charge on any atom is 0.142 e. The summed E-state index contributed by atoms with van der Waals surface area (Å²) in [6.07, 6.45) is 7.09. The third-order valence-electron chi connectivity index (χ3n) is 3.71. The molecular weight excluding hydrogens is 237 g/mol. The molecule has 0 spiro atoms. The van der Waals surface area contributed by atoms with E-state index in [4.69, 9.17) is 17.3 Å². The Kier molecular flexibility index (Phi) is 4.41. The highest BCUT2D eigenvalue weighted by Gasteiger charge is 2.20. The molecule has 0 aliphatic heterocycles. The van der Waals surface area contributed by atoms with Gasteiger partial charge in [-0.15, -0.1) is 0 Å². The molecule has 1 nitrogen and oxygen atoms in total. The van der Waals surface area contributed by atoms with Crippen LogP contribution in [-0.4, -0.2) is 6.04 Å². The number of rotatable bonds is 3. The molecule has 1 aromatic rings. The van der Waals surface area contributed by atoms with Gasteiger partial charge in [0.2, 0.25) is 0 Å². The minimum atomic E-state index is -0.347. The van der Waals surface area contributed by atoms with E-state index < -0.39 is 0 Å². The van der Waals surface area contributed by atoms with Gasteiger partial charge in [-0.25, -0.2) is 4.39 Å². The van der Waals surface area contributed by atoms with Crippen molar-refractivity contribution in [2.75, 3.05) is 0 Å². The Hall–Kier alpha value is -0.600. The van der Waals surface area contributed by atoms with Crippen LogP contribution in [0.4, 0.5) is 4.39 Å². The summed E-state index contributed by atoms with van der Waals surface area (Å²) >= 11 is 5.66. The summed E-state index contributed by atoms with van der Waals surface area (Å²) in [7, 11) is 0. The largest absolute Gasteiger partial charge is 0.327 e. The standard InChI is InChI=1S/C14H19ClFN/c15-12-7-6-10(8-13(12)16)9-14(17)11-4-2-1-3-5-11/h6-8,11,14H,1-5,9,17H2. The zero-order valence-electron chi connectivity index (χ0n) is 9.96. The molecule has 0 heterocycles. The van der Waals surface area contributed by atoms with Gasteiger partial charge in [0, 0.05) is 6.04 Å². The van der Waals surface area contributed by atoms with Crippen molar-refractivity contribution >= 4 is 11.6 Å². The summed E-state index contributed by atoms with van der Waals surface area (Å²) in [5, 5.41) is 0.181. The van der Waals surface area contributed by atoms with Crippen molar-refractivity contribution in [3.05, 3.63) is 34.6 Å². The fourth-order valence-electron chi connectivity index (χ4n) is 2.67. The van der Waals surface area contributed by atoms with Crippen LogP contribution in [0.1, 0.15) is 37.7 Å². The van der Waals surface area contributed by atoms with Crippen LogP contribution in [-0.2, 0) is 6.42 Å². The summed E-state index contributed by atoms with van der Waals surface area (Å²) in [4.78, 5) is 0. The molecule has 1 saturated carbocycles. The first kappa shape index (κ1) is 12.8. The summed E-state index contributed by atoms with van der Waals surface area (Å²) in [6, 6.07) is 5.13. The Balaban J connectivity index is 1.96. The number of hydrogen-bond donors (Lipinski definition) is 1. The molecule has 17 heavy (non-hydrogen) atoms. The lowest BCUT2D eigenvalue weighted by atomic mass is 9.82. The molecule has 1 atom stereocenters. The Morgan fingerprint density at radius 2 is 2.00 bits per heavy atom. The predicted molar refractivity (Wildman–Crippen MR) is 69.7 cm³/mol. The second kappa shape index (κ2) is 5.83. The van der Waals surface area contributed by atoms with Gasteiger partial charge in [0.25, 0.3) is 0 Å². The lowest BCUT2D eigenvalue weighted by molar-refractivity contribution is 0.303. The summed E-state index contributed by atoms with van der Waals surface area (Å²) in [5.74, 6) is 0.252. The molecule has 0 radical (unpaired) electrons. The highest BCUT2D eigenvalue weighted by atomic mass is 35.5. The molecule has 2 N–H and O–H groups in total. The third kappa shape index (κ3) is 3.43. The lowest BCUT2D eigenvalue weighted by Crippen LogP contribution is -2.33. The smallest absolute Gasteiger partial charge is 0.142 e. The van der Waals surface area contributed by atoms with Crippen molar-refractivity contribution in [3.8, 4) is 0 Å². The van der Waals surface area contributed by atoms with Crippen LogP contribution in [0.25, 0.3) is 0 Å².